The molecule has 1 aromatic heterocycles. The zero-order chi connectivity index (χ0) is 57.8. The third-order valence-corrected chi connectivity index (χ3v) is 13.3. The number of Topliss-reactive ketones (excluding diaryl/α,β-unsaturated/α-hetero) is 1. The Morgan fingerprint density at radius 3 is 0.872 bits per heavy atom. The average molecular weight is 1130 g/mol. The fraction of sp³-hybridized carbons (Fsp3) is 0.352. The first kappa shape index (κ1) is 62.4. The van der Waals surface area contributed by atoms with Gasteiger partial charge in [0.1, 0.15) is 52.7 Å². The highest BCUT2D eigenvalue weighted by molar-refractivity contribution is 7.20. The van der Waals surface area contributed by atoms with Gasteiger partial charge in [0, 0.05) is 5.56 Å². The molecule has 0 aliphatic carbocycles. The van der Waals surface area contributed by atoms with Gasteiger partial charge in [-0.15, -0.1) is 21.9 Å². The van der Waals surface area contributed by atoms with Crippen LogP contribution in [-0.2, 0) is 13.0 Å². The van der Waals surface area contributed by atoms with Crippen LogP contribution in [0.5, 0.6) is 0 Å². The fourth-order valence-corrected chi connectivity index (χ4v) is 9.32. The molecule has 0 aliphatic heterocycles. The summed E-state index contributed by atoms with van der Waals surface area (Å²) in [6.07, 6.45) is 23.4. The largest absolute Gasteiger partial charge is 0.287 e. The van der Waals surface area contributed by atoms with E-state index in [2.05, 4.69) is 24.0 Å². The van der Waals surface area contributed by atoms with E-state index in [1.165, 1.54) is 108 Å². The third-order valence-electron chi connectivity index (χ3n) is 13.3. The number of hydrogen-bond acceptors (Lipinski definition) is 2. The number of rotatable bonds is 24. The number of nitrogens with zero attached hydrogens (tertiary/aromatic N) is 2. The van der Waals surface area contributed by atoms with Crippen molar-refractivity contribution in [2.45, 2.75) is 123 Å². The summed E-state index contributed by atoms with van der Waals surface area (Å²) in [6.45, 7) is 2.65. The van der Waals surface area contributed by atoms with Gasteiger partial charge in [0.05, 0.1) is 12.4 Å². The van der Waals surface area contributed by atoms with E-state index < -0.39 is 144 Å². The van der Waals surface area contributed by atoms with Crippen molar-refractivity contribution in [1.82, 2.24) is 4.98 Å². The zero-order valence-electron chi connectivity index (χ0n) is 41.3. The topological polar surface area (TPSA) is 33.8 Å². The molecule has 0 unspecified atom stereocenters. The summed E-state index contributed by atoms with van der Waals surface area (Å²) in [7, 11) is 0. The van der Waals surface area contributed by atoms with Gasteiger partial charge < -0.3 is 0 Å². The predicted octanol–water partition coefficient (Wildman–Crippen LogP) is 13.9. The molecule has 0 radical (unpaired) electrons. The van der Waals surface area contributed by atoms with Crippen LogP contribution >= 0.6 is 0 Å². The summed E-state index contributed by atoms with van der Waals surface area (Å²) >= 11 is 0. The van der Waals surface area contributed by atoms with Crippen molar-refractivity contribution in [3.05, 3.63) is 177 Å². The van der Waals surface area contributed by atoms with Crippen LogP contribution in [0.4, 0.5) is 87.8 Å². The third kappa shape index (κ3) is 13.2. The van der Waals surface area contributed by atoms with Crippen LogP contribution in [0.2, 0.25) is 0 Å². The van der Waals surface area contributed by atoms with Gasteiger partial charge in [-0.1, -0.05) is 128 Å². The van der Waals surface area contributed by atoms with E-state index >= 15 is 35.1 Å². The Balaban J connectivity index is 0.000000302. The maximum atomic E-state index is 15.4. The molecule has 0 aliphatic rings. The molecule has 0 amide bonds. The van der Waals surface area contributed by atoms with Crippen molar-refractivity contribution in [3.8, 4) is 0 Å². The number of halogens is 20. The van der Waals surface area contributed by atoms with Crippen LogP contribution in [0.15, 0.2) is 49.1 Å². The summed E-state index contributed by atoms with van der Waals surface area (Å²) in [4.78, 5) is 16.4. The highest BCUT2D eigenvalue weighted by Crippen LogP contribution is 2.31. The first-order valence-electron chi connectivity index (χ1n) is 24.6. The van der Waals surface area contributed by atoms with E-state index in [9.17, 15) is 57.5 Å². The maximum absolute atomic E-state index is 15.4. The number of carbonyl (C=O) groups is 1. The molecule has 0 atom stereocenters. The van der Waals surface area contributed by atoms with Crippen molar-refractivity contribution < 1.29 is 97.2 Å². The Morgan fingerprint density at radius 1 is 0.359 bits per heavy atom. The number of carbonyl (C=O) groups excluding carboxylic acids is 1. The first-order valence-corrected chi connectivity index (χ1v) is 24.6. The number of benzene rings is 5. The normalized spacial score (nSPS) is 11.6. The van der Waals surface area contributed by atoms with Gasteiger partial charge in [0.2, 0.25) is 12.3 Å². The number of ketones is 1. The van der Waals surface area contributed by atoms with Crippen molar-refractivity contribution in [3.63, 3.8) is 0 Å². The minimum absolute atomic E-state index is 0.139. The zero-order valence-corrected chi connectivity index (χ0v) is 41.3. The standard InChI is InChI=1S/C30H47N2O.C24BF20/c1-2-3-4-5-6-7-8-9-10-11-12-13-14-15-16-17-18-28-19-21-29(22-20-28)30(33)27-32-25-23-31-24-26-32;26-5-1(6(27)14(35)21(42)13(5)34)25(2-7(28)15(36)22(43)16(37)8(2)29,3-9(30)17(38)23(44)18(39)10(3)31)4-11(32)19(40)24(45)20(41)12(4)33/h19-26H,2-18,27H2,1H3;/q+1;-1. The van der Waals surface area contributed by atoms with Crippen LogP contribution in [0, 0.1) is 116 Å². The van der Waals surface area contributed by atoms with Crippen LogP contribution < -0.4 is 26.4 Å². The molecule has 0 saturated heterocycles. The molecule has 24 heteroatoms. The molecule has 6 aromatic rings. The van der Waals surface area contributed by atoms with Crippen molar-refractivity contribution >= 4 is 33.8 Å². The van der Waals surface area contributed by atoms with Crippen LogP contribution in [0.3, 0.4) is 0 Å². The molecule has 5 aromatic carbocycles. The van der Waals surface area contributed by atoms with Crippen molar-refractivity contribution in [1.29, 1.82) is 0 Å². The molecule has 6 rings (SSSR count). The lowest BCUT2D eigenvalue weighted by molar-refractivity contribution is -0.683. The van der Waals surface area contributed by atoms with Gasteiger partial charge >= 0.3 is 0 Å². The molecule has 78 heavy (non-hydrogen) atoms. The Hall–Kier alpha value is -6.49. The molecule has 0 spiro atoms. The SMILES string of the molecule is CCCCCCCCCCCCCCCCCCc1ccc(C(=O)C[n+]2ccncc2)cc1.Fc1c(F)c(F)c([B-](c2c(F)c(F)c(F)c(F)c2F)(c2c(F)c(F)c(F)c(F)c2F)c2c(F)c(F)c(F)c(F)c2F)c(F)c1F. The second kappa shape index (κ2) is 27.9. The number of aromatic nitrogens is 2. The van der Waals surface area contributed by atoms with Crippen LogP contribution in [-0.4, -0.2) is 16.9 Å². The van der Waals surface area contributed by atoms with E-state index in [1.54, 1.807) is 12.4 Å². The highest BCUT2D eigenvalue weighted by atomic mass is 19.2. The molecule has 1 heterocycles. The van der Waals surface area contributed by atoms with Gasteiger partial charge in [0.15, 0.2) is 82.2 Å². The molecule has 3 nitrogen and oxygen atoms in total. The molecule has 0 bridgehead atoms. The highest BCUT2D eigenvalue weighted by Gasteiger charge is 2.52. The number of unbranched alkanes of at least 4 members (excludes halogenated alkanes) is 15. The number of aryl methyl sites for hydroxylation is 1. The maximum Gasteiger partial charge on any atom is 0.227 e. The quantitative estimate of drug-likeness (QED) is 0.0115. The minimum atomic E-state index is -7.22. The summed E-state index contributed by atoms with van der Waals surface area (Å²) in [5.41, 5.74) is -12.2. The van der Waals surface area contributed by atoms with E-state index in [4.69, 9.17) is 0 Å². The monoisotopic (exact) mass is 1130 g/mol. The van der Waals surface area contributed by atoms with E-state index in [0.717, 1.165) is 12.0 Å². The van der Waals surface area contributed by atoms with E-state index in [0.29, 0.717) is 6.54 Å². The smallest absolute Gasteiger partial charge is 0.227 e. The summed E-state index contributed by atoms with van der Waals surface area (Å²) in [6, 6.07) is 8.20. The first-order chi connectivity index (χ1) is 37.0. The second-order valence-electron chi connectivity index (χ2n) is 18.4. The summed E-state index contributed by atoms with van der Waals surface area (Å²) in [5, 5.41) is 0. The Kier molecular flexibility index (Phi) is 22.3. The number of hydrogen-bond donors (Lipinski definition) is 0. The van der Waals surface area contributed by atoms with Crippen LogP contribution in [0.1, 0.15) is 126 Å². The van der Waals surface area contributed by atoms with Gasteiger partial charge in [-0.25, -0.2) is 87.8 Å². The minimum Gasteiger partial charge on any atom is -0.287 e. The summed E-state index contributed by atoms with van der Waals surface area (Å²) in [5.74, 6) is -71.3. The summed E-state index contributed by atoms with van der Waals surface area (Å²) < 4.78 is 296. The molecule has 422 valence electrons. The molecule has 0 fully saturated rings. The molecular weight excluding hydrogens is 1080 g/mol. The Morgan fingerprint density at radius 2 is 0.603 bits per heavy atom. The average Bonchev–Trinajstić information content (AvgIpc) is 3.38. The Labute approximate surface area is 434 Å². The van der Waals surface area contributed by atoms with E-state index in [-0.39, 0.29) is 5.78 Å². The fourth-order valence-electron chi connectivity index (χ4n) is 9.32. The van der Waals surface area contributed by atoms with Gasteiger partial charge in [-0.3, -0.25) is 9.78 Å². The second-order valence-corrected chi connectivity index (χ2v) is 18.4. The lowest BCUT2D eigenvalue weighted by Gasteiger charge is -2.44. The van der Waals surface area contributed by atoms with Crippen molar-refractivity contribution in [2.24, 2.45) is 0 Å². The van der Waals surface area contributed by atoms with Gasteiger partial charge in [0.25, 0.3) is 0 Å². The van der Waals surface area contributed by atoms with Gasteiger partial charge in [-0.05, 0) is 18.4 Å². The van der Waals surface area contributed by atoms with E-state index in [1.807, 2.05) is 29.1 Å². The van der Waals surface area contributed by atoms with Gasteiger partial charge in [-0.2, -0.15) is 4.57 Å². The molecular formula is C54H47BF20N2O. The van der Waals surface area contributed by atoms with Crippen LogP contribution in [0.25, 0.3) is 0 Å². The lowest BCUT2D eigenvalue weighted by Crippen LogP contribution is -2.81. The Bertz CT molecular complexity index is 2690. The lowest BCUT2D eigenvalue weighted by atomic mass is 9.12. The molecule has 0 saturated carbocycles. The predicted molar refractivity (Wildman–Crippen MR) is 248 cm³/mol. The molecule has 0 N–H and O–H groups in total. The van der Waals surface area contributed by atoms with Crippen molar-refractivity contribution in [2.75, 3.05) is 0 Å².